The molecule has 3 atom stereocenters. The number of nitrogens with zero attached hydrogens (tertiary/aromatic N) is 1. The predicted molar refractivity (Wildman–Crippen MR) is 60.3 cm³/mol. The summed E-state index contributed by atoms with van der Waals surface area (Å²) < 4.78 is 1.01. The SMILES string of the molecule is CC1CC=CC2C1=CC(Br)=NC2C. The van der Waals surface area contributed by atoms with E-state index >= 15 is 0 Å². The first-order chi connectivity index (χ1) is 6.18. The summed E-state index contributed by atoms with van der Waals surface area (Å²) in [5.74, 6) is 1.23. The minimum atomic E-state index is 0.397. The average Bonchev–Trinajstić information content (AvgIpc) is 2.07. The smallest absolute Gasteiger partial charge is 0.100 e. The molecule has 0 saturated heterocycles. The molecule has 0 aromatic rings. The van der Waals surface area contributed by atoms with E-state index < -0.39 is 0 Å². The topological polar surface area (TPSA) is 12.4 Å². The molecule has 13 heavy (non-hydrogen) atoms. The lowest BCUT2D eigenvalue weighted by Gasteiger charge is -2.31. The van der Waals surface area contributed by atoms with E-state index in [0.717, 1.165) is 4.62 Å². The van der Waals surface area contributed by atoms with Crippen molar-refractivity contribution in [2.75, 3.05) is 0 Å². The minimum absolute atomic E-state index is 0.397. The minimum Gasteiger partial charge on any atom is -0.274 e. The Balaban J connectivity index is 2.37. The van der Waals surface area contributed by atoms with Crippen molar-refractivity contribution in [1.29, 1.82) is 0 Å². The second kappa shape index (κ2) is 3.41. The number of hydrogen-bond donors (Lipinski definition) is 0. The highest BCUT2D eigenvalue weighted by atomic mass is 79.9. The van der Waals surface area contributed by atoms with Crippen molar-refractivity contribution < 1.29 is 0 Å². The number of dihydropyridines is 1. The Bertz CT molecular complexity index is 301. The number of rotatable bonds is 0. The van der Waals surface area contributed by atoms with Gasteiger partial charge in [0, 0.05) is 5.92 Å². The molecule has 0 saturated carbocycles. The van der Waals surface area contributed by atoms with Gasteiger partial charge in [-0.3, -0.25) is 4.99 Å². The van der Waals surface area contributed by atoms with Crippen molar-refractivity contribution in [3.05, 3.63) is 23.8 Å². The van der Waals surface area contributed by atoms with Crippen LogP contribution in [0.15, 0.2) is 28.8 Å². The van der Waals surface area contributed by atoms with Gasteiger partial charge < -0.3 is 0 Å². The van der Waals surface area contributed by atoms with Crippen LogP contribution in [-0.2, 0) is 0 Å². The molecule has 0 radical (unpaired) electrons. The molecule has 0 spiro atoms. The first-order valence-corrected chi connectivity index (χ1v) is 5.59. The van der Waals surface area contributed by atoms with Crippen molar-refractivity contribution in [2.45, 2.75) is 26.3 Å². The third-order valence-electron chi connectivity index (χ3n) is 2.92. The van der Waals surface area contributed by atoms with Crippen molar-refractivity contribution in [3.63, 3.8) is 0 Å². The lowest BCUT2D eigenvalue weighted by atomic mass is 9.78. The molecule has 0 amide bonds. The van der Waals surface area contributed by atoms with E-state index in [1.54, 1.807) is 0 Å². The molecule has 0 bridgehead atoms. The lowest BCUT2D eigenvalue weighted by Crippen LogP contribution is -2.26. The number of allylic oxidation sites excluding steroid dienone is 2. The van der Waals surface area contributed by atoms with Gasteiger partial charge in [-0.05, 0) is 41.3 Å². The summed E-state index contributed by atoms with van der Waals surface area (Å²) in [4.78, 5) is 4.51. The molecule has 1 nitrogen and oxygen atoms in total. The fourth-order valence-corrected chi connectivity index (χ4v) is 2.72. The third kappa shape index (κ3) is 1.64. The number of hydrogen-bond acceptors (Lipinski definition) is 1. The van der Waals surface area contributed by atoms with Crippen molar-refractivity contribution >= 4 is 20.6 Å². The molecule has 3 unspecified atom stereocenters. The molecule has 0 N–H and O–H groups in total. The quantitative estimate of drug-likeness (QED) is 0.576. The highest BCUT2D eigenvalue weighted by Crippen LogP contribution is 2.35. The van der Waals surface area contributed by atoms with Crippen LogP contribution in [0.2, 0.25) is 0 Å². The van der Waals surface area contributed by atoms with Gasteiger partial charge in [-0.15, -0.1) is 0 Å². The van der Waals surface area contributed by atoms with Crippen molar-refractivity contribution in [1.82, 2.24) is 0 Å². The van der Waals surface area contributed by atoms with Crippen LogP contribution in [0.3, 0.4) is 0 Å². The molecule has 0 aromatic carbocycles. The second-order valence-electron chi connectivity index (χ2n) is 3.93. The van der Waals surface area contributed by atoms with Gasteiger partial charge in [0.05, 0.1) is 6.04 Å². The van der Waals surface area contributed by atoms with E-state index in [4.69, 9.17) is 0 Å². The van der Waals surface area contributed by atoms with Crippen LogP contribution in [0.25, 0.3) is 0 Å². The summed E-state index contributed by atoms with van der Waals surface area (Å²) in [5.41, 5.74) is 1.54. The van der Waals surface area contributed by atoms with Crippen LogP contribution in [0.1, 0.15) is 20.3 Å². The summed E-state index contributed by atoms with van der Waals surface area (Å²) in [6.45, 7) is 4.47. The Morgan fingerprint density at radius 2 is 2.23 bits per heavy atom. The van der Waals surface area contributed by atoms with Crippen LogP contribution in [0.4, 0.5) is 0 Å². The van der Waals surface area contributed by atoms with Crippen molar-refractivity contribution in [2.24, 2.45) is 16.8 Å². The van der Waals surface area contributed by atoms with Crippen molar-refractivity contribution in [3.8, 4) is 0 Å². The molecule has 0 fully saturated rings. The van der Waals surface area contributed by atoms with Crippen LogP contribution < -0.4 is 0 Å². The van der Waals surface area contributed by atoms with Gasteiger partial charge in [-0.25, -0.2) is 0 Å². The van der Waals surface area contributed by atoms with E-state index in [9.17, 15) is 0 Å². The highest BCUT2D eigenvalue weighted by Gasteiger charge is 2.27. The highest BCUT2D eigenvalue weighted by molar-refractivity contribution is 9.18. The Morgan fingerprint density at radius 3 is 3.00 bits per heavy atom. The Hall–Kier alpha value is -0.370. The molecule has 2 aliphatic rings. The van der Waals surface area contributed by atoms with Gasteiger partial charge in [0.2, 0.25) is 0 Å². The van der Waals surface area contributed by atoms with Crippen LogP contribution in [-0.4, -0.2) is 10.7 Å². The molecule has 2 rings (SSSR count). The standard InChI is InChI=1S/C11H14BrN/c1-7-4-3-5-9-8(2)13-11(12)6-10(7)9/h3,5-9H,4H2,1-2H3. The zero-order chi connectivity index (χ0) is 9.42. The van der Waals surface area contributed by atoms with Gasteiger partial charge in [-0.2, -0.15) is 0 Å². The van der Waals surface area contributed by atoms with Crippen LogP contribution >= 0.6 is 15.9 Å². The maximum atomic E-state index is 4.51. The summed E-state index contributed by atoms with van der Waals surface area (Å²) >= 11 is 3.47. The molecule has 2 heteroatoms. The normalized spacial score (nSPS) is 37.9. The number of aliphatic imine (C=N–C) groups is 1. The summed E-state index contributed by atoms with van der Waals surface area (Å²) in [5, 5.41) is 0. The predicted octanol–water partition coefficient (Wildman–Crippen LogP) is 3.32. The molecule has 0 aromatic heterocycles. The molecule has 70 valence electrons. The molecular formula is C11H14BrN. The Morgan fingerprint density at radius 1 is 1.46 bits per heavy atom. The zero-order valence-corrected chi connectivity index (χ0v) is 9.58. The maximum absolute atomic E-state index is 4.51. The zero-order valence-electron chi connectivity index (χ0n) is 8.00. The fraction of sp³-hybridized carbons (Fsp3) is 0.545. The first kappa shape index (κ1) is 9.20. The number of fused-ring (bicyclic) bond motifs is 1. The summed E-state index contributed by atoms with van der Waals surface area (Å²) in [7, 11) is 0. The van der Waals surface area contributed by atoms with Gasteiger partial charge in [0.25, 0.3) is 0 Å². The molecule has 1 aliphatic carbocycles. The van der Waals surface area contributed by atoms with Gasteiger partial charge in [0.1, 0.15) is 4.62 Å². The molecular weight excluding hydrogens is 226 g/mol. The van der Waals surface area contributed by atoms with Crippen LogP contribution in [0.5, 0.6) is 0 Å². The molecule has 1 heterocycles. The largest absolute Gasteiger partial charge is 0.274 e. The number of halogens is 1. The fourth-order valence-electron chi connectivity index (χ4n) is 2.13. The van der Waals surface area contributed by atoms with E-state index in [0.29, 0.717) is 17.9 Å². The second-order valence-corrected chi connectivity index (χ2v) is 4.74. The maximum Gasteiger partial charge on any atom is 0.100 e. The first-order valence-electron chi connectivity index (χ1n) is 4.80. The van der Waals surface area contributed by atoms with Gasteiger partial charge >= 0.3 is 0 Å². The van der Waals surface area contributed by atoms with Gasteiger partial charge in [-0.1, -0.05) is 24.6 Å². The Kier molecular flexibility index (Phi) is 2.41. The third-order valence-corrected chi connectivity index (χ3v) is 3.35. The molecule has 1 aliphatic heterocycles. The lowest BCUT2D eigenvalue weighted by molar-refractivity contribution is 0.503. The monoisotopic (exact) mass is 239 g/mol. The van der Waals surface area contributed by atoms with E-state index in [2.05, 4.69) is 53.0 Å². The average molecular weight is 240 g/mol. The summed E-state index contributed by atoms with van der Waals surface area (Å²) in [6.07, 6.45) is 7.96. The van der Waals surface area contributed by atoms with Gasteiger partial charge in [0.15, 0.2) is 0 Å². The summed E-state index contributed by atoms with van der Waals surface area (Å²) in [6, 6.07) is 0.397. The van der Waals surface area contributed by atoms with E-state index in [-0.39, 0.29) is 0 Å². The van der Waals surface area contributed by atoms with E-state index in [1.165, 1.54) is 12.0 Å². The van der Waals surface area contributed by atoms with E-state index in [1.807, 2.05) is 0 Å². The Labute approximate surface area is 87.8 Å². The van der Waals surface area contributed by atoms with Crippen LogP contribution in [0, 0.1) is 11.8 Å².